The van der Waals surface area contributed by atoms with Crippen LogP contribution in [0.1, 0.15) is 6.92 Å². The van der Waals surface area contributed by atoms with E-state index in [1.54, 1.807) is 14.0 Å². The maximum atomic E-state index is 11.8. The Bertz CT molecular complexity index is 454. The number of nitrogens with zero attached hydrogens (tertiary/aromatic N) is 2. The van der Waals surface area contributed by atoms with Crippen LogP contribution in [0, 0.1) is 5.92 Å². The Hall–Kier alpha value is -1.12. The minimum Gasteiger partial charge on any atom is -0.396 e. The van der Waals surface area contributed by atoms with Gasteiger partial charge in [-0.2, -0.15) is 5.10 Å². The van der Waals surface area contributed by atoms with Gasteiger partial charge >= 0.3 is 0 Å². The van der Waals surface area contributed by atoms with Crippen molar-refractivity contribution in [1.29, 1.82) is 0 Å². The smallest absolute Gasteiger partial charge is 0.245 e. The lowest BCUT2D eigenvalue weighted by Crippen LogP contribution is -2.29. The van der Waals surface area contributed by atoms with E-state index in [0.717, 1.165) is 0 Å². The molecule has 1 rings (SSSR count). The second-order valence-corrected chi connectivity index (χ2v) is 5.43. The molecule has 0 bridgehead atoms. The first-order valence-electron chi connectivity index (χ1n) is 4.76. The van der Waals surface area contributed by atoms with Crippen LogP contribution in [0.4, 0.5) is 5.82 Å². The van der Waals surface area contributed by atoms with Gasteiger partial charge in [-0.3, -0.25) is 4.68 Å². The van der Waals surface area contributed by atoms with Crippen LogP contribution >= 0.6 is 0 Å². The van der Waals surface area contributed by atoms with E-state index in [9.17, 15) is 8.42 Å². The number of aliphatic hydroxyl groups is 1. The third-order valence-corrected chi connectivity index (χ3v) is 3.49. The van der Waals surface area contributed by atoms with Gasteiger partial charge in [0.05, 0.1) is 0 Å². The Kier molecular flexibility index (Phi) is 3.89. The summed E-state index contributed by atoms with van der Waals surface area (Å²) in [6, 6.07) is 0. The summed E-state index contributed by atoms with van der Waals surface area (Å²) in [5.41, 5.74) is 5.47. The monoisotopic (exact) mass is 248 g/mol. The van der Waals surface area contributed by atoms with Crippen molar-refractivity contribution in [3.63, 3.8) is 0 Å². The molecule has 0 aliphatic rings. The Morgan fingerprint density at radius 1 is 1.69 bits per heavy atom. The molecule has 1 aromatic rings. The highest BCUT2D eigenvalue weighted by Gasteiger charge is 2.20. The van der Waals surface area contributed by atoms with E-state index in [-0.39, 0.29) is 29.8 Å². The number of nitrogens with one attached hydrogen (secondary N) is 1. The number of hydrogen-bond acceptors (Lipinski definition) is 5. The largest absolute Gasteiger partial charge is 0.396 e. The second kappa shape index (κ2) is 4.81. The molecule has 7 nitrogen and oxygen atoms in total. The number of aryl methyl sites for hydroxylation is 1. The Morgan fingerprint density at radius 2 is 2.31 bits per heavy atom. The summed E-state index contributed by atoms with van der Waals surface area (Å²) in [6.07, 6.45) is 1.33. The van der Waals surface area contributed by atoms with Gasteiger partial charge in [0, 0.05) is 26.4 Å². The van der Waals surface area contributed by atoms with Crippen molar-refractivity contribution < 1.29 is 13.5 Å². The van der Waals surface area contributed by atoms with Gasteiger partial charge < -0.3 is 10.8 Å². The maximum absolute atomic E-state index is 11.8. The molecule has 0 fully saturated rings. The number of hydrogen-bond donors (Lipinski definition) is 3. The van der Waals surface area contributed by atoms with Crippen LogP contribution in [0.15, 0.2) is 11.1 Å². The van der Waals surface area contributed by atoms with Crippen molar-refractivity contribution in [2.24, 2.45) is 13.0 Å². The fraction of sp³-hybridized carbons (Fsp3) is 0.625. The molecule has 8 heteroatoms. The van der Waals surface area contributed by atoms with Crippen LogP contribution in [0.3, 0.4) is 0 Å². The molecule has 0 radical (unpaired) electrons. The standard InChI is InChI=1S/C8H16N4O3S/c1-6(5-13)3-10-16(14,15)7-4-12(2)11-8(7)9/h4,6,10,13H,3,5H2,1-2H3,(H2,9,11). The molecule has 0 aromatic carbocycles. The normalized spacial score (nSPS) is 13.9. The third kappa shape index (κ3) is 2.94. The van der Waals surface area contributed by atoms with E-state index in [0.29, 0.717) is 0 Å². The minimum absolute atomic E-state index is 0.0355. The summed E-state index contributed by atoms with van der Waals surface area (Å²) in [6.45, 7) is 1.81. The van der Waals surface area contributed by atoms with Crippen molar-refractivity contribution in [3.05, 3.63) is 6.20 Å². The van der Waals surface area contributed by atoms with Crippen molar-refractivity contribution in [1.82, 2.24) is 14.5 Å². The minimum atomic E-state index is -3.64. The lowest BCUT2D eigenvalue weighted by atomic mass is 10.2. The highest BCUT2D eigenvalue weighted by Crippen LogP contribution is 2.15. The Balaban J connectivity index is 2.82. The Labute approximate surface area is 94.3 Å². The third-order valence-electron chi connectivity index (χ3n) is 2.05. The van der Waals surface area contributed by atoms with E-state index >= 15 is 0 Å². The van der Waals surface area contributed by atoms with Gasteiger partial charge in [-0.15, -0.1) is 0 Å². The molecule has 0 spiro atoms. The van der Waals surface area contributed by atoms with Crippen LogP contribution in [0.2, 0.25) is 0 Å². The topological polar surface area (TPSA) is 110 Å². The van der Waals surface area contributed by atoms with Crippen molar-refractivity contribution >= 4 is 15.8 Å². The van der Waals surface area contributed by atoms with Gasteiger partial charge in [0.1, 0.15) is 4.90 Å². The quantitative estimate of drug-likeness (QED) is 0.613. The molecule has 0 aliphatic heterocycles. The molecule has 92 valence electrons. The van der Waals surface area contributed by atoms with E-state index in [1.165, 1.54) is 10.9 Å². The van der Waals surface area contributed by atoms with Gasteiger partial charge in [0.15, 0.2) is 5.82 Å². The number of sulfonamides is 1. The first kappa shape index (κ1) is 12.9. The van der Waals surface area contributed by atoms with E-state index in [1.807, 2.05) is 0 Å². The Morgan fingerprint density at radius 3 is 2.75 bits per heavy atom. The van der Waals surface area contributed by atoms with E-state index in [4.69, 9.17) is 10.8 Å². The number of nitrogens with two attached hydrogens (primary N) is 1. The van der Waals surface area contributed by atoms with Gasteiger partial charge in [0.25, 0.3) is 0 Å². The summed E-state index contributed by atoms with van der Waals surface area (Å²) < 4.78 is 27.2. The summed E-state index contributed by atoms with van der Waals surface area (Å²) in [7, 11) is -2.06. The molecule has 0 amide bonds. The van der Waals surface area contributed by atoms with Crippen LogP contribution in [0.5, 0.6) is 0 Å². The number of anilines is 1. The maximum Gasteiger partial charge on any atom is 0.245 e. The molecule has 4 N–H and O–H groups in total. The highest BCUT2D eigenvalue weighted by atomic mass is 32.2. The lowest BCUT2D eigenvalue weighted by Gasteiger charge is -2.09. The predicted octanol–water partition coefficient (Wildman–Crippen LogP) is -1.09. The first-order valence-corrected chi connectivity index (χ1v) is 6.24. The van der Waals surface area contributed by atoms with Crippen LogP contribution < -0.4 is 10.5 Å². The summed E-state index contributed by atoms with van der Waals surface area (Å²) in [5, 5.41) is 12.5. The zero-order valence-electron chi connectivity index (χ0n) is 9.21. The molecule has 0 saturated carbocycles. The second-order valence-electron chi connectivity index (χ2n) is 3.69. The zero-order valence-corrected chi connectivity index (χ0v) is 10.0. The van der Waals surface area contributed by atoms with Gasteiger partial charge in [-0.05, 0) is 5.92 Å². The SMILES string of the molecule is CC(CO)CNS(=O)(=O)c1cn(C)nc1N. The fourth-order valence-electron chi connectivity index (χ4n) is 1.09. The average Bonchev–Trinajstić information content (AvgIpc) is 2.55. The first-order chi connectivity index (χ1) is 7.36. The van der Waals surface area contributed by atoms with Crippen molar-refractivity contribution in [3.8, 4) is 0 Å². The summed E-state index contributed by atoms with van der Waals surface area (Å²) in [4.78, 5) is -0.0415. The molecular formula is C8H16N4O3S. The lowest BCUT2D eigenvalue weighted by molar-refractivity contribution is 0.238. The molecule has 0 aliphatic carbocycles. The van der Waals surface area contributed by atoms with E-state index in [2.05, 4.69) is 9.82 Å². The van der Waals surface area contributed by atoms with Crippen molar-refractivity contribution in [2.45, 2.75) is 11.8 Å². The molecule has 1 unspecified atom stereocenters. The van der Waals surface area contributed by atoms with Crippen LogP contribution in [0.25, 0.3) is 0 Å². The molecule has 0 saturated heterocycles. The molecule has 1 aromatic heterocycles. The fourth-order valence-corrected chi connectivity index (χ4v) is 2.35. The molecule has 1 atom stereocenters. The molecule has 1 heterocycles. The van der Waals surface area contributed by atoms with Gasteiger partial charge in [-0.25, -0.2) is 13.1 Å². The number of aromatic nitrogens is 2. The van der Waals surface area contributed by atoms with Gasteiger partial charge in [0.2, 0.25) is 10.0 Å². The average molecular weight is 248 g/mol. The number of aliphatic hydroxyl groups excluding tert-OH is 1. The number of rotatable bonds is 5. The van der Waals surface area contributed by atoms with Gasteiger partial charge in [-0.1, -0.05) is 6.92 Å². The van der Waals surface area contributed by atoms with Crippen LogP contribution in [-0.2, 0) is 17.1 Å². The summed E-state index contributed by atoms with van der Waals surface area (Å²) in [5.74, 6) is -0.181. The van der Waals surface area contributed by atoms with Crippen molar-refractivity contribution in [2.75, 3.05) is 18.9 Å². The van der Waals surface area contributed by atoms with E-state index < -0.39 is 10.0 Å². The highest BCUT2D eigenvalue weighted by molar-refractivity contribution is 7.89. The van der Waals surface area contributed by atoms with Crippen LogP contribution in [-0.4, -0.2) is 36.5 Å². The molecular weight excluding hydrogens is 232 g/mol. The molecule has 16 heavy (non-hydrogen) atoms. The zero-order chi connectivity index (χ0) is 12.3. The number of nitrogen functional groups attached to an aromatic ring is 1. The summed E-state index contributed by atoms with van der Waals surface area (Å²) >= 11 is 0. The predicted molar refractivity (Wildman–Crippen MR) is 59.1 cm³/mol.